The largest absolute Gasteiger partial charge is 0.488 e. The molecule has 0 spiro atoms. The molecule has 0 bridgehead atoms. The van der Waals surface area contributed by atoms with E-state index in [4.69, 9.17) is 4.74 Å². The number of halogens is 1. The van der Waals surface area contributed by atoms with Crippen molar-refractivity contribution in [3.05, 3.63) is 74.9 Å². The maximum absolute atomic E-state index is 12.7. The van der Waals surface area contributed by atoms with Crippen molar-refractivity contribution in [2.24, 2.45) is 0 Å². The second-order valence-electron chi connectivity index (χ2n) is 7.04. The van der Waals surface area contributed by atoms with Crippen molar-refractivity contribution in [3.63, 3.8) is 0 Å². The Morgan fingerprint density at radius 2 is 1.90 bits per heavy atom. The molecule has 1 saturated heterocycles. The number of ether oxygens (including phenoxy) is 1. The van der Waals surface area contributed by atoms with Gasteiger partial charge in [0.1, 0.15) is 11.9 Å². The van der Waals surface area contributed by atoms with Crippen LogP contribution in [-0.2, 0) is 0 Å². The zero-order valence-electron chi connectivity index (χ0n) is 16.4. The van der Waals surface area contributed by atoms with Gasteiger partial charge < -0.3 is 15.0 Å². The predicted octanol–water partition coefficient (Wildman–Crippen LogP) is 4.83. The van der Waals surface area contributed by atoms with Gasteiger partial charge in [-0.1, -0.05) is 36.4 Å². The zero-order valence-corrected chi connectivity index (χ0v) is 18.8. The van der Waals surface area contributed by atoms with E-state index in [0.29, 0.717) is 29.3 Å². The summed E-state index contributed by atoms with van der Waals surface area (Å²) in [6.45, 7) is 1.13. The van der Waals surface area contributed by atoms with Crippen LogP contribution in [0.1, 0.15) is 26.5 Å². The second kappa shape index (κ2) is 9.02. The second-order valence-corrected chi connectivity index (χ2v) is 9.50. The molecule has 4 rings (SSSR count). The van der Waals surface area contributed by atoms with Crippen LogP contribution in [-0.4, -0.2) is 43.0 Å². The van der Waals surface area contributed by atoms with Crippen molar-refractivity contribution in [2.75, 3.05) is 20.1 Å². The summed E-state index contributed by atoms with van der Waals surface area (Å²) >= 11 is 4.83. The predicted molar refractivity (Wildman–Crippen MR) is 122 cm³/mol. The minimum atomic E-state index is -0.195. The molecule has 30 heavy (non-hydrogen) atoms. The number of hydrogen-bond acceptors (Lipinski definition) is 4. The van der Waals surface area contributed by atoms with Crippen LogP contribution in [0.4, 0.5) is 0 Å². The van der Waals surface area contributed by atoms with Crippen molar-refractivity contribution in [1.29, 1.82) is 0 Å². The quantitative estimate of drug-likeness (QED) is 0.563. The lowest BCUT2D eigenvalue weighted by molar-refractivity contribution is 0.0775. The Morgan fingerprint density at radius 1 is 1.10 bits per heavy atom. The number of carbonyl (C=O) groups is 2. The summed E-state index contributed by atoms with van der Waals surface area (Å²) in [5.41, 5.74) is 2.52. The lowest BCUT2D eigenvalue weighted by atomic mass is 10.0. The molecule has 1 atom stereocenters. The van der Waals surface area contributed by atoms with Gasteiger partial charge >= 0.3 is 0 Å². The average molecular weight is 485 g/mol. The molecule has 2 amide bonds. The molecule has 1 aliphatic heterocycles. The molecule has 1 aliphatic rings. The summed E-state index contributed by atoms with van der Waals surface area (Å²) in [4.78, 5) is 27.6. The summed E-state index contributed by atoms with van der Waals surface area (Å²) in [5.74, 6) is 0.356. The standard InChI is InChI=1S/C23H21BrN2O3S/c1-25-22(27)18-8-7-16(15-5-3-2-4-6-15)13-19(18)29-17-11-12-26(14-17)23(28)20-9-10-21(24)30-20/h2-10,13,17H,11-12,14H2,1H3,(H,25,27)/t17-/m1/s1. The molecule has 0 unspecified atom stereocenters. The van der Waals surface area contributed by atoms with Crippen molar-refractivity contribution in [2.45, 2.75) is 12.5 Å². The molecule has 1 aromatic heterocycles. The molecule has 1 N–H and O–H groups in total. The number of likely N-dealkylation sites (tertiary alicyclic amines) is 1. The monoisotopic (exact) mass is 484 g/mol. The molecule has 2 heterocycles. The van der Waals surface area contributed by atoms with E-state index in [1.807, 2.05) is 59.5 Å². The Labute approximate surface area is 187 Å². The third-order valence-corrected chi connectivity index (χ3v) is 6.68. The maximum Gasteiger partial charge on any atom is 0.264 e. The number of carbonyl (C=O) groups excluding carboxylic acids is 2. The first-order valence-electron chi connectivity index (χ1n) is 9.68. The first-order valence-corrected chi connectivity index (χ1v) is 11.3. The highest BCUT2D eigenvalue weighted by molar-refractivity contribution is 9.11. The van der Waals surface area contributed by atoms with Crippen molar-refractivity contribution >= 4 is 39.1 Å². The van der Waals surface area contributed by atoms with E-state index in [1.54, 1.807) is 13.1 Å². The van der Waals surface area contributed by atoms with Gasteiger partial charge in [-0.05, 0) is 51.3 Å². The van der Waals surface area contributed by atoms with Crippen LogP contribution in [0.3, 0.4) is 0 Å². The van der Waals surface area contributed by atoms with Gasteiger partial charge in [0, 0.05) is 20.0 Å². The Kier molecular flexibility index (Phi) is 6.20. The Bertz CT molecular complexity index is 1070. The summed E-state index contributed by atoms with van der Waals surface area (Å²) in [6, 6.07) is 19.3. The van der Waals surface area contributed by atoms with E-state index in [0.717, 1.165) is 21.3 Å². The lowest BCUT2D eigenvalue weighted by Gasteiger charge is -2.19. The van der Waals surface area contributed by atoms with Gasteiger partial charge in [0.25, 0.3) is 11.8 Å². The van der Waals surface area contributed by atoms with Crippen molar-refractivity contribution in [3.8, 4) is 16.9 Å². The van der Waals surface area contributed by atoms with E-state index in [-0.39, 0.29) is 17.9 Å². The number of benzene rings is 2. The lowest BCUT2D eigenvalue weighted by Crippen LogP contribution is -2.30. The Balaban J connectivity index is 1.54. The van der Waals surface area contributed by atoms with E-state index < -0.39 is 0 Å². The van der Waals surface area contributed by atoms with Gasteiger partial charge in [-0.25, -0.2) is 0 Å². The molecular formula is C23H21BrN2O3S. The van der Waals surface area contributed by atoms with Crippen LogP contribution in [0.25, 0.3) is 11.1 Å². The molecule has 3 aromatic rings. The third kappa shape index (κ3) is 4.42. The van der Waals surface area contributed by atoms with E-state index in [2.05, 4.69) is 21.2 Å². The van der Waals surface area contributed by atoms with Crippen LogP contribution < -0.4 is 10.1 Å². The third-order valence-electron chi connectivity index (χ3n) is 5.07. The Hall–Kier alpha value is -2.64. The fraction of sp³-hybridized carbons (Fsp3) is 0.217. The van der Waals surface area contributed by atoms with Gasteiger partial charge in [-0.15, -0.1) is 11.3 Å². The van der Waals surface area contributed by atoms with Gasteiger partial charge in [0.05, 0.1) is 20.8 Å². The highest BCUT2D eigenvalue weighted by Crippen LogP contribution is 2.30. The summed E-state index contributed by atoms with van der Waals surface area (Å²) < 4.78 is 7.19. The molecule has 0 radical (unpaired) electrons. The number of hydrogen-bond donors (Lipinski definition) is 1. The number of thiophene rings is 1. The summed E-state index contributed by atoms with van der Waals surface area (Å²) in [6.07, 6.45) is 0.563. The van der Waals surface area contributed by atoms with Crippen molar-refractivity contribution < 1.29 is 14.3 Å². The first kappa shape index (κ1) is 20.6. The van der Waals surface area contributed by atoms with Gasteiger partial charge in [0.2, 0.25) is 0 Å². The van der Waals surface area contributed by atoms with Gasteiger partial charge in [-0.3, -0.25) is 9.59 Å². The molecule has 154 valence electrons. The Morgan fingerprint density at radius 3 is 2.60 bits per heavy atom. The van der Waals surface area contributed by atoms with Gasteiger partial charge in [0.15, 0.2) is 0 Å². The molecule has 1 fully saturated rings. The summed E-state index contributed by atoms with van der Waals surface area (Å²) in [7, 11) is 1.60. The average Bonchev–Trinajstić information content (AvgIpc) is 3.42. The molecule has 7 heteroatoms. The molecule has 0 aliphatic carbocycles. The topological polar surface area (TPSA) is 58.6 Å². The normalized spacial score (nSPS) is 15.8. The number of nitrogens with zero attached hydrogens (tertiary/aromatic N) is 1. The molecular weight excluding hydrogens is 464 g/mol. The van der Waals surface area contributed by atoms with E-state index >= 15 is 0 Å². The first-order chi connectivity index (χ1) is 14.5. The molecule has 0 saturated carbocycles. The van der Waals surface area contributed by atoms with Crippen molar-refractivity contribution in [1.82, 2.24) is 10.2 Å². The van der Waals surface area contributed by atoms with Crippen LogP contribution in [0, 0.1) is 0 Å². The summed E-state index contributed by atoms with van der Waals surface area (Å²) in [5, 5.41) is 2.67. The zero-order chi connectivity index (χ0) is 21.1. The van der Waals surface area contributed by atoms with Crippen LogP contribution in [0.2, 0.25) is 0 Å². The van der Waals surface area contributed by atoms with Gasteiger partial charge in [-0.2, -0.15) is 0 Å². The van der Waals surface area contributed by atoms with Crippen LogP contribution in [0.5, 0.6) is 5.75 Å². The maximum atomic E-state index is 12.7. The minimum absolute atomic E-state index is 0.0151. The van der Waals surface area contributed by atoms with Crippen LogP contribution in [0.15, 0.2) is 64.5 Å². The van der Waals surface area contributed by atoms with E-state index in [9.17, 15) is 9.59 Å². The van der Waals surface area contributed by atoms with Crippen LogP contribution >= 0.6 is 27.3 Å². The minimum Gasteiger partial charge on any atom is -0.488 e. The number of rotatable bonds is 5. The number of amides is 2. The number of nitrogens with one attached hydrogen (secondary N) is 1. The molecule has 5 nitrogen and oxygen atoms in total. The smallest absolute Gasteiger partial charge is 0.264 e. The fourth-order valence-corrected chi connectivity index (χ4v) is 4.88. The highest BCUT2D eigenvalue weighted by atomic mass is 79.9. The van der Waals surface area contributed by atoms with E-state index in [1.165, 1.54) is 11.3 Å². The molecule has 2 aromatic carbocycles. The SMILES string of the molecule is CNC(=O)c1ccc(-c2ccccc2)cc1O[C@@H]1CCN(C(=O)c2ccc(Br)s2)C1. The fourth-order valence-electron chi connectivity index (χ4n) is 3.53. The highest BCUT2D eigenvalue weighted by Gasteiger charge is 2.30.